The molecule has 0 bridgehead atoms. The highest BCUT2D eigenvalue weighted by molar-refractivity contribution is 6.32. The molecule has 0 unspecified atom stereocenters. The highest BCUT2D eigenvalue weighted by atomic mass is 35.5. The lowest BCUT2D eigenvalue weighted by Gasteiger charge is -2.20. The van der Waals surface area contributed by atoms with E-state index in [1.54, 1.807) is 6.07 Å². The summed E-state index contributed by atoms with van der Waals surface area (Å²) in [5.74, 6) is -1.02. The van der Waals surface area contributed by atoms with Gasteiger partial charge < -0.3 is 10.1 Å². The topological polar surface area (TPSA) is 68.3 Å². The minimum absolute atomic E-state index is 0.0559. The second-order valence-electron chi connectivity index (χ2n) is 6.44. The molecule has 1 aromatic heterocycles. The zero-order chi connectivity index (χ0) is 18.5. The van der Waals surface area contributed by atoms with Crippen molar-refractivity contribution in [2.45, 2.75) is 38.6 Å². The number of carbonyl (C=O) groups is 2. The molecule has 0 saturated carbocycles. The number of rotatable bonds is 5. The van der Waals surface area contributed by atoms with Crippen molar-refractivity contribution in [2.75, 3.05) is 6.61 Å². The number of nitrogens with one attached hydrogen (secondary N) is 1. The van der Waals surface area contributed by atoms with E-state index in [9.17, 15) is 9.59 Å². The van der Waals surface area contributed by atoms with Crippen molar-refractivity contribution in [1.29, 1.82) is 0 Å². The molecule has 1 amide bonds. The van der Waals surface area contributed by atoms with Crippen LogP contribution in [0.1, 0.15) is 52.9 Å². The molecule has 1 aliphatic carbocycles. The number of aryl methyl sites for hydroxylation is 2. The molecule has 3 rings (SSSR count). The van der Waals surface area contributed by atoms with Crippen molar-refractivity contribution in [3.8, 4) is 0 Å². The summed E-state index contributed by atoms with van der Waals surface area (Å²) in [6.07, 6.45) is 6.15. The van der Waals surface area contributed by atoms with Crippen LogP contribution in [0.15, 0.2) is 36.5 Å². The molecule has 0 spiro atoms. The fourth-order valence-electron chi connectivity index (χ4n) is 3.14. The second kappa shape index (κ2) is 8.32. The normalized spacial score (nSPS) is 14.2. The summed E-state index contributed by atoms with van der Waals surface area (Å²) < 4.78 is 5.02. The van der Waals surface area contributed by atoms with Crippen molar-refractivity contribution in [2.24, 2.45) is 0 Å². The van der Waals surface area contributed by atoms with Crippen LogP contribution in [-0.2, 0) is 22.4 Å². The second-order valence-corrected chi connectivity index (χ2v) is 6.80. The number of amides is 1. The third kappa shape index (κ3) is 4.41. The Labute approximate surface area is 157 Å². The van der Waals surface area contributed by atoms with Gasteiger partial charge >= 0.3 is 5.97 Å². The number of nitrogens with zero attached hydrogens (tertiary/aromatic N) is 1. The van der Waals surface area contributed by atoms with Gasteiger partial charge in [-0.15, -0.1) is 0 Å². The van der Waals surface area contributed by atoms with Crippen LogP contribution in [0.5, 0.6) is 0 Å². The minimum atomic E-state index is -0.667. The number of esters is 1. The zero-order valence-corrected chi connectivity index (χ0v) is 15.4. The van der Waals surface area contributed by atoms with Gasteiger partial charge in [-0.3, -0.25) is 4.79 Å². The molecule has 26 heavy (non-hydrogen) atoms. The Morgan fingerprint density at radius 3 is 2.77 bits per heavy atom. The fourth-order valence-corrected chi connectivity index (χ4v) is 3.33. The van der Waals surface area contributed by atoms with Gasteiger partial charge in [-0.05, 0) is 61.4 Å². The summed E-state index contributed by atoms with van der Waals surface area (Å²) in [7, 11) is 0. The Morgan fingerprint density at radius 1 is 1.23 bits per heavy atom. The molecule has 1 atom stereocenters. The van der Waals surface area contributed by atoms with Crippen LogP contribution in [0.2, 0.25) is 5.15 Å². The lowest BCUT2D eigenvalue weighted by Crippen LogP contribution is -2.31. The fraction of sp³-hybridized carbons (Fsp3) is 0.350. The Morgan fingerprint density at radius 2 is 2.00 bits per heavy atom. The molecule has 1 aromatic carbocycles. The summed E-state index contributed by atoms with van der Waals surface area (Å²) in [4.78, 5) is 27.9. The SMILES string of the molecule is C[C@@H](NC(=O)COC(=O)c1cccnc1Cl)c1ccc2c(c1)CCCC2. The number of aromatic nitrogens is 1. The van der Waals surface area contributed by atoms with Crippen LogP contribution < -0.4 is 5.32 Å². The highest BCUT2D eigenvalue weighted by Crippen LogP contribution is 2.24. The average Bonchev–Trinajstić information content (AvgIpc) is 2.66. The molecule has 2 aromatic rings. The van der Waals surface area contributed by atoms with E-state index in [0.29, 0.717) is 0 Å². The molecule has 0 radical (unpaired) electrons. The molecular formula is C20H21ClN2O3. The maximum atomic E-state index is 12.1. The first-order valence-corrected chi connectivity index (χ1v) is 9.11. The van der Waals surface area contributed by atoms with Crippen LogP contribution in [0.25, 0.3) is 0 Å². The predicted molar refractivity (Wildman–Crippen MR) is 99.2 cm³/mol. The molecule has 6 heteroatoms. The van der Waals surface area contributed by atoms with Gasteiger partial charge in [-0.1, -0.05) is 29.8 Å². The summed E-state index contributed by atoms with van der Waals surface area (Å²) in [5.41, 5.74) is 3.97. The van der Waals surface area contributed by atoms with Gasteiger partial charge in [0.2, 0.25) is 0 Å². The molecule has 1 heterocycles. The lowest BCUT2D eigenvalue weighted by atomic mass is 9.89. The van der Waals surface area contributed by atoms with E-state index in [4.69, 9.17) is 16.3 Å². The largest absolute Gasteiger partial charge is 0.452 e. The lowest BCUT2D eigenvalue weighted by molar-refractivity contribution is -0.124. The molecule has 1 N–H and O–H groups in total. The van der Waals surface area contributed by atoms with Crippen molar-refractivity contribution in [3.63, 3.8) is 0 Å². The molecular weight excluding hydrogens is 352 g/mol. The standard InChI is InChI=1S/C20H21ClN2O3/c1-13(15-9-8-14-5-2-3-6-16(14)11-15)23-18(24)12-26-20(25)17-7-4-10-22-19(17)21/h4,7-11,13H,2-3,5-6,12H2,1H3,(H,23,24)/t13-/m1/s1. The number of fused-ring (bicyclic) bond motifs is 1. The van der Waals surface area contributed by atoms with Gasteiger partial charge in [0.05, 0.1) is 11.6 Å². The van der Waals surface area contributed by atoms with Crippen molar-refractivity contribution in [3.05, 3.63) is 63.9 Å². The Kier molecular flexibility index (Phi) is 5.89. The molecule has 0 fully saturated rings. The van der Waals surface area contributed by atoms with Crippen LogP contribution in [-0.4, -0.2) is 23.5 Å². The Bertz CT molecular complexity index is 822. The van der Waals surface area contributed by atoms with Crippen LogP contribution in [0.4, 0.5) is 0 Å². The number of ether oxygens (including phenoxy) is 1. The van der Waals surface area contributed by atoms with Gasteiger partial charge in [0, 0.05) is 6.20 Å². The smallest absolute Gasteiger partial charge is 0.341 e. The molecule has 136 valence electrons. The third-order valence-electron chi connectivity index (χ3n) is 4.56. The monoisotopic (exact) mass is 372 g/mol. The summed E-state index contributed by atoms with van der Waals surface area (Å²) in [5, 5.41) is 2.92. The number of carbonyl (C=O) groups excluding carboxylic acids is 2. The Hall–Kier alpha value is -2.40. The molecule has 0 aliphatic heterocycles. The van der Waals surface area contributed by atoms with E-state index in [1.165, 1.54) is 36.2 Å². The molecule has 5 nitrogen and oxygen atoms in total. The van der Waals surface area contributed by atoms with Gasteiger partial charge in [0.1, 0.15) is 5.15 Å². The van der Waals surface area contributed by atoms with Crippen molar-refractivity contribution < 1.29 is 14.3 Å². The molecule has 0 saturated heterocycles. The zero-order valence-electron chi connectivity index (χ0n) is 14.6. The average molecular weight is 373 g/mol. The predicted octanol–water partition coefficient (Wildman–Crippen LogP) is 3.65. The summed E-state index contributed by atoms with van der Waals surface area (Å²) in [6, 6.07) is 9.30. The van der Waals surface area contributed by atoms with Crippen molar-refractivity contribution in [1.82, 2.24) is 10.3 Å². The quantitative estimate of drug-likeness (QED) is 0.642. The minimum Gasteiger partial charge on any atom is -0.452 e. The number of hydrogen-bond acceptors (Lipinski definition) is 4. The summed E-state index contributed by atoms with van der Waals surface area (Å²) in [6.45, 7) is 1.56. The maximum absolute atomic E-state index is 12.1. The summed E-state index contributed by atoms with van der Waals surface area (Å²) >= 11 is 5.84. The van der Waals surface area contributed by atoms with Crippen LogP contribution in [0, 0.1) is 0 Å². The van der Waals surface area contributed by atoms with Gasteiger partial charge in [0.15, 0.2) is 6.61 Å². The number of hydrogen-bond donors (Lipinski definition) is 1. The van der Waals surface area contributed by atoms with Gasteiger partial charge in [-0.25, -0.2) is 9.78 Å². The van der Waals surface area contributed by atoms with E-state index < -0.39 is 5.97 Å². The van der Waals surface area contributed by atoms with Crippen molar-refractivity contribution >= 4 is 23.5 Å². The van der Waals surface area contributed by atoms with Gasteiger partial charge in [-0.2, -0.15) is 0 Å². The van der Waals surface area contributed by atoms with Gasteiger partial charge in [0.25, 0.3) is 5.91 Å². The number of pyridine rings is 1. The first-order chi connectivity index (χ1) is 12.5. The molecule has 1 aliphatic rings. The van der Waals surface area contributed by atoms with E-state index in [0.717, 1.165) is 18.4 Å². The number of benzene rings is 1. The highest BCUT2D eigenvalue weighted by Gasteiger charge is 2.17. The van der Waals surface area contributed by atoms with Crippen LogP contribution in [0.3, 0.4) is 0 Å². The first-order valence-electron chi connectivity index (χ1n) is 8.73. The first kappa shape index (κ1) is 18.4. The Balaban J connectivity index is 1.54. The van der Waals surface area contributed by atoms with E-state index in [1.807, 2.05) is 6.92 Å². The van der Waals surface area contributed by atoms with E-state index in [2.05, 4.69) is 28.5 Å². The van der Waals surface area contributed by atoms with E-state index in [-0.39, 0.29) is 29.3 Å². The number of halogens is 1. The van der Waals surface area contributed by atoms with Crippen LogP contribution >= 0.6 is 11.6 Å². The van der Waals surface area contributed by atoms with E-state index >= 15 is 0 Å². The third-order valence-corrected chi connectivity index (χ3v) is 4.86. The maximum Gasteiger partial charge on any atom is 0.341 e.